The molecule has 0 fully saturated rings. The molecular formula is C21H23NO3. The topological polar surface area (TPSA) is 42.7 Å². The lowest BCUT2D eigenvalue weighted by atomic mass is 10.1. The van der Waals surface area contributed by atoms with Gasteiger partial charge in [0.15, 0.2) is 5.76 Å². The smallest absolute Gasteiger partial charge is 0.290 e. The van der Waals surface area contributed by atoms with Gasteiger partial charge < -0.3 is 14.1 Å². The summed E-state index contributed by atoms with van der Waals surface area (Å²) in [6.07, 6.45) is 0. The molecule has 0 bridgehead atoms. The molecule has 0 saturated heterocycles. The van der Waals surface area contributed by atoms with Gasteiger partial charge in [0.25, 0.3) is 5.91 Å². The zero-order chi connectivity index (χ0) is 18.0. The fourth-order valence-electron chi connectivity index (χ4n) is 2.93. The Kier molecular flexibility index (Phi) is 4.79. The first-order chi connectivity index (χ1) is 12.0. The van der Waals surface area contributed by atoms with Gasteiger partial charge in [-0.25, -0.2) is 0 Å². The van der Waals surface area contributed by atoms with E-state index in [9.17, 15) is 4.79 Å². The molecule has 0 radical (unpaired) electrons. The lowest BCUT2D eigenvalue weighted by Gasteiger charge is -2.26. The number of rotatable bonds is 5. The van der Waals surface area contributed by atoms with Gasteiger partial charge in [-0.1, -0.05) is 30.3 Å². The van der Waals surface area contributed by atoms with Crippen LogP contribution in [0.5, 0.6) is 5.75 Å². The summed E-state index contributed by atoms with van der Waals surface area (Å²) in [5, 5.41) is 0.908. The second-order valence-electron chi connectivity index (χ2n) is 6.43. The van der Waals surface area contributed by atoms with Crippen LogP contribution >= 0.6 is 0 Å². The van der Waals surface area contributed by atoms with Crippen molar-refractivity contribution in [3.05, 3.63) is 65.4 Å². The molecular weight excluding hydrogens is 314 g/mol. The van der Waals surface area contributed by atoms with Crippen LogP contribution in [0.25, 0.3) is 11.0 Å². The molecule has 0 aliphatic rings. The molecule has 0 atom stereocenters. The largest absolute Gasteiger partial charge is 0.497 e. The first-order valence-electron chi connectivity index (χ1n) is 8.43. The van der Waals surface area contributed by atoms with Crippen LogP contribution in [0, 0.1) is 6.92 Å². The minimum absolute atomic E-state index is 0.0647. The van der Waals surface area contributed by atoms with E-state index < -0.39 is 0 Å². The van der Waals surface area contributed by atoms with Crippen molar-refractivity contribution < 1.29 is 13.9 Å². The number of ether oxygens (including phenoxy) is 1. The second kappa shape index (κ2) is 7.01. The molecule has 1 amide bonds. The molecule has 0 N–H and O–H groups in total. The van der Waals surface area contributed by atoms with E-state index in [1.165, 1.54) is 0 Å². The van der Waals surface area contributed by atoms with Gasteiger partial charge in [0.05, 0.1) is 7.11 Å². The molecule has 0 unspecified atom stereocenters. The highest BCUT2D eigenvalue weighted by Gasteiger charge is 2.25. The Bertz CT molecular complexity index is 881. The molecule has 0 spiro atoms. The predicted octanol–water partition coefficient (Wildman–Crippen LogP) is 4.80. The molecule has 4 heteroatoms. The number of methoxy groups -OCH3 is 1. The fourth-order valence-corrected chi connectivity index (χ4v) is 2.93. The van der Waals surface area contributed by atoms with Crippen LogP contribution in [-0.4, -0.2) is 24.0 Å². The quantitative estimate of drug-likeness (QED) is 0.671. The first kappa shape index (κ1) is 17.1. The van der Waals surface area contributed by atoms with Crippen LogP contribution in [0.3, 0.4) is 0 Å². The van der Waals surface area contributed by atoms with E-state index in [1.807, 2.05) is 74.2 Å². The number of hydrogen-bond acceptors (Lipinski definition) is 3. The molecule has 2 aromatic carbocycles. The Hall–Kier alpha value is -2.75. The highest BCUT2D eigenvalue weighted by molar-refractivity contribution is 5.99. The van der Waals surface area contributed by atoms with Crippen molar-refractivity contribution in [3.63, 3.8) is 0 Å². The Balaban J connectivity index is 1.97. The third-order valence-electron chi connectivity index (χ3n) is 4.42. The van der Waals surface area contributed by atoms with Crippen molar-refractivity contribution in [2.24, 2.45) is 0 Å². The van der Waals surface area contributed by atoms with Crippen LogP contribution in [-0.2, 0) is 6.54 Å². The van der Waals surface area contributed by atoms with Crippen LogP contribution in [0.4, 0.5) is 0 Å². The standard InChI is InChI=1S/C21H23NO3/c1-14(2)22(13-16-8-6-5-7-9-16)21(23)20-15(3)18-12-17(24-4)10-11-19(18)25-20/h5-12,14H,13H2,1-4H3. The maximum absolute atomic E-state index is 13.1. The van der Waals surface area contributed by atoms with Gasteiger partial charge >= 0.3 is 0 Å². The summed E-state index contributed by atoms with van der Waals surface area (Å²) in [5.74, 6) is 1.06. The van der Waals surface area contributed by atoms with Gasteiger partial charge in [0, 0.05) is 23.5 Å². The summed E-state index contributed by atoms with van der Waals surface area (Å²) in [7, 11) is 1.63. The van der Waals surface area contributed by atoms with Gasteiger partial charge in [-0.05, 0) is 44.5 Å². The normalized spacial score (nSPS) is 11.1. The molecule has 1 heterocycles. The Morgan fingerprint density at radius 3 is 2.52 bits per heavy atom. The Morgan fingerprint density at radius 1 is 1.16 bits per heavy atom. The number of fused-ring (bicyclic) bond motifs is 1. The van der Waals surface area contributed by atoms with E-state index in [4.69, 9.17) is 9.15 Å². The maximum atomic E-state index is 13.1. The second-order valence-corrected chi connectivity index (χ2v) is 6.43. The van der Waals surface area contributed by atoms with E-state index in [1.54, 1.807) is 7.11 Å². The van der Waals surface area contributed by atoms with Crippen molar-refractivity contribution >= 4 is 16.9 Å². The molecule has 0 aliphatic heterocycles. The fraction of sp³-hybridized carbons (Fsp3) is 0.286. The Morgan fingerprint density at radius 2 is 1.88 bits per heavy atom. The van der Waals surface area contributed by atoms with E-state index in [0.717, 1.165) is 22.3 Å². The molecule has 3 rings (SSSR count). The number of hydrogen-bond donors (Lipinski definition) is 0. The molecule has 130 valence electrons. The van der Waals surface area contributed by atoms with E-state index in [2.05, 4.69) is 0 Å². The highest BCUT2D eigenvalue weighted by Crippen LogP contribution is 2.30. The zero-order valence-electron chi connectivity index (χ0n) is 15.1. The first-order valence-corrected chi connectivity index (χ1v) is 8.43. The van der Waals surface area contributed by atoms with Crippen molar-refractivity contribution in [2.75, 3.05) is 7.11 Å². The minimum atomic E-state index is -0.0912. The molecule has 25 heavy (non-hydrogen) atoms. The number of amides is 1. The van der Waals surface area contributed by atoms with Gasteiger partial charge in [-0.2, -0.15) is 0 Å². The third-order valence-corrected chi connectivity index (χ3v) is 4.42. The number of carbonyl (C=O) groups is 1. The summed E-state index contributed by atoms with van der Waals surface area (Å²) in [5.41, 5.74) is 2.64. The number of aryl methyl sites for hydroxylation is 1. The summed E-state index contributed by atoms with van der Waals surface area (Å²) < 4.78 is 11.2. The SMILES string of the molecule is COc1ccc2oc(C(=O)N(Cc3ccccc3)C(C)C)c(C)c2c1. The molecule has 3 aromatic rings. The van der Waals surface area contributed by atoms with Gasteiger partial charge in [0.1, 0.15) is 11.3 Å². The van der Waals surface area contributed by atoms with Crippen LogP contribution in [0.2, 0.25) is 0 Å². The van der Waals surface area contributed by atoms with Crippen LogP contribution in [0.15, 0.2) is 52.9 Å². The molecule has 1 aromatic heterocycles. The van der Waals surface area contributed by atoms with Crippen molar-refractivity contribution in [1.82, 2.24) is 4.90 Å². The highest BCUT2D eigenvalue weighted by atomic mass is 16.5. The number of carbonyl (C=O) groups excluding carboxylic acids is 1. The summed E-state index contributed by atoms with van der Waals surface area (Å²) in [4.78, 5) is 15.0. The van der Waals surface area contributed by atoms with E-state index >= 15 is 0 Å². The van der Waals surface area contributed by atoms with E-state index in [-0.39, 0.29) is 11.9 Å². The average Bonchev–Trinajstić information content (AvgIpc) is 2.96. The monoisotopic (exact) mass is 337 g/mol. The zero-order valence-corrected chi connectivity index (χ0v) is 15.1. The summed E-state index contributed by atoms with van der Waals surface area (Å²) in [6.45, 7) is 6.50. The Labute approximate surface area is 148 Å². The van der Waals surface area contributed by atoms with Crippen molar-refractivity contribution in [2.45, 2.75) is 33.4 Å². The van der Waals surface area contributed by atoms with Crippen LogP contribution in [0.1, 0.15) is 35.5 Å². The maximum Gasteiger partial charge on any atom is 0.290 e. The van der Waals surface area contributed by atoms with Gasteiger partial charge in [0.2, 0.25) is 0 Å². The lowest BCUT2D eigenvalue weighted by molar-refractivity contribution is 0.0659. The predicted molar refractivity (Wildman–Crippen MR) is 99.0 cm³/mol. The van der Waals surface area contributed by atoms with Gasteiger partial charge in [-0.3, -0.25) is 4.79 Å². The summed E-state index contributed by atoms with van der Waals surface area (Å²) in [6, 6.07) is 15.6. The molecule has 0 aliphatic carbocycles. The number of benzene rings is 2. The van der Waals surface area contributed by atoms with Crippen molar-refractivity contribution in [1.29, 1.82) is 0 Å². The van der Waals surface area contributed by atoms with Crippen molar-refractivity contribution in [3.8, 4) is 5.75 Å². The average molecular weight is 337 g/mol. The van der Waals surface area contributed by atoms with E-state index in [0.29, 0.717) is 17.9 Å². The lowest BCUT2D eigenvalue weighted by Crippen LogP contribution is -2.36. The van der Waals surface area contributed by atoms with Gasteiger partial charge in [-0.15, -0.1) is 0 Å². The molecule has 0 saturated carbocycles. The molecule has 4 nitrogen and oxygen atoms in total. The third kappa shape index (κ3) is 3.38. The summed E-state index contributed by atoms with van der Waals surface area (Å²) >= 11 is 0. The van der Waals surface area contributed by atoms with Crippen LogP contribution < -0.4 is 4.74 Å². The number of furan rings is 1. The minimum Gasteiger partial charge on any atom is -0.497 e. The number of nitrogens with zero attached hydrogens (tertiary/aromatic N) is 1.